The molecule has 0 unspecified atom stereocenters. The second-order valence-electron chi connectivity index (χ2n) is 7.75. The number of benzene rings is 1. The smallest absolute Gasteiger partial charge is 0.224 e. The first-order valence-electron chi connectivity index (χ1n) is 10.7. The highest BCUT2D eigenvalue weighted by Crippen LogP contribution is 2.24. The van der Waals surface area contributed by atoms with E-state index in [1.807, 2.05) is 30.3 Å². The lowest BCUT2D eigenvalue weighted by atomic mass is 10.2. The van der Waals surface area contributed by atoms with E-state index >= 15 is 0 Å². The van der Waals surface area contributed by atoms with Gasteiger partial charge in [0, 0.05) is 37.1 Å². The molecule has 32 heavy (non-hydrogen) atoms. The molecule has 1 saturated heterocycles. The number of nitrogens with one attached hydrogen (secondary N) is 3. The van der Waals surface area contributed by atoms with E-state index in [1.54, 1.807) is 12.4 Å². The van der Waals surface area contributed by atoms with Gasteiger partial charge in [0.15, 0.2) is 5.65 Å². The quantitative estimate of drug-likeness (QED) is 0.374. The van der Waals surface area contributed by atoms with Gasteiger partial charge in [-0.3, -0.25) is 5.10 Å². The first-order valence-corrected chi connectivity index (χ1v) is 11.1. The van der Waals surface area contributed by atoms with Gasteiger partial charge >= 0.3 is 0 Å². The molecule has 3 aromatic heterocycles. The van der Waals surface area contributed by atoms with Crippen LogP contribution in [0.4, 0.5) is 11.9 Å². The summed E-state index contributed by atoms with van der Waals surface area (Å²) in [5, 5.41) is 15.4. The van der Waals surface area contributed by atoms with Crippen molar-refractivity contribution in [3.63, 3.8) is 0 Å². The highest BCUT2D eigenvalue weighted by molar-refractivity contribution is 6.30. The molecule has 9 nitrogen and oxygen atoms in total. The Morgan fingerprint density at radius 2 is 1.91 bits per heavy atom. The molecule has 164 valence electrons. The van der Waals surface area contributed by atoms with Crippen molar-refractivity contribution in [2.45, 2.75) is 19.4 Å². The van der Waals surface area contributed by atoms with Crippen LogP contribution in [0.2, 0.25) is 5.02 Å². The number of aromatic nitrogens is 6. The zero-order valence-electron chi connectivity index (χ0n) is 17.6. The lowest BCUT2D eigenvalue weighted by Gasteiger charge is -2.14. The summed E-state index contributed by atoms with van der Waals surface area (Å²) >= 11 is 6.06. The zero-order valence-corrected chi connectivity index (χ0v) is 18.3. The standard InChI is InChI=1S/C22H24ClN9/c23-16-5-3-4-15(12-16)13-26-21-24-7-6-18(28-21)19-17-14-27-22(29-20(17)31-30-19)25-8-11-32-9-1-2-10-32/h3-7,12,14H,1-2,8-11,13H2,(H,24,26,28)(H2,25,27,29,30,31). The maximum absolute atomic E-state index is 6.06. The third-order valence-electron chi connectivity index (χ3n) is 5.47. The minimum Gasteiger partial charge on any atom is -0.353 e. The van der Waals surface area contributed by atoms with Crippen LogP contribution in [-0.4, -0.2) is 61.2 Å². The Balaban J connectivity index is 1.27. The number of rotatable bonds is 8. The van der Waals surface area contributed by atoms with Crippen LogP contribution >= 0.6 is 11.6 Å². The largest absolute Gasteiger partial charge is 0.353 e. The van der Waals surface area contributed by atoms with Gasteiger partial charge in [0.2, 0.25) is 11.9 Å². The number of likely N-dealkylation sites (tertiary alicyclic amines) is 1. The topological polar surface area (TPSA) is 108 Å². The molecular weight excluding hydrogens is 426 g/mol. The number of nitrogens with zero attached hydrogens (tertiary/aromatic N) is 6. The fourth-order valence-corrected chi connectivity index (χ4v) is 4.04. The highest BCUT2D eigenvalue weighted by atomic mass is 35.5. The summed E-state index contributed by atoms with van der Waals surface area (Å²) in [7, 11) is 0. The van der Waals surface area contributed by atoms with Crippen LogP contribution in [0.3, 0.4) is 0 Å². The SMILES string of the molecule is Clc1cccc(CNc2nccc(-c3[nH]nc4nc(NCCN5CCCC5)ncc34)n2)c1. The van der Waals surface area contributed by atoms with Crippen LogP contribution in [0, 0.1) is 0 Å². The molecule has 0 saturated carbocycles. The molecule has 3 N–H and O–H groups in total. The van der Waals surface area contributed by atoms with Gasteiger partial charge in [-0.2, -0.15) is 10.1 Å². The predicted molar refractivity (Wildman–Crippen MR) is 126 cm³/mol. The molecule has 0 radical (unpaired) electrons. The van der Waals surface area contributed by atoms with Gasteiger partial charge in [-0.15, -0.1) is 0 Å². The number of aromatic amines is 1. The van der Waals surface area contributed by atoms with Crippen LogP contribution in [0.5, 0.6) is 0 Å². The molecule has 1 fully saturated rings. The molecule has 1 aliphatic rings. The summed E-state index contributed by atoms with van der Waals surface area (Å²) in [4.78, 5) is 20.4. The van der Waals surface area contributed by atoms with E-state index in [0.717, 1.165) is 35.4 Å². The van der Waals surface area contributed by atoms with Crippen molar-refractivity contribution in [2.24, 2.45) is 0 Å². The summed E-state index contributed by atoms with van der Waals surface area (Å²) < 4.78 is 0. The molecule has 0 aliphatic carbocycles. The first kappa shape index (κ1) is 20.6. The Morgan fingerprint density at radius 1 is 1.03 bits per heavy atom. The van der Waals surface area contributed by atoms with E-state index in [9.17, 15) is 0 Å². The first-order chi connectivity index (χ1) is 15.7. The van der Waals surface area contributed by atoms with E-state index < -0.39 is 0 Å². The van der Waals surface area contributed by atoms with Crippen LogP contribution in [-0.2, 0) is 6.54 Å². The van der Waals surface area contributed by atoms with Crippen molar-refractivity contribution in [3.8, 4) is 11.4 Å². The molecule has 0 amide bonds. The van der Waals surface area contributed by atoms with E-state index in [1.165, 1.54) is 25.9 Å². The molecule has 0 spiro atoms. The minimum absolute atomic E-state index is 0.520. The molecule has 5 rings (SSSR count). The molecule has 0 atom stereocenters. The van der Waals surface area contributed by atoms with Crippen LogP contribution < -0.4 is 10.6 Å². The number of fused-ring (bicyclic) bond motifs is 1. The normalized spacial score (nSPS) is 14.2. The van der Waals surface area contributed by atoms with Crippen molar-refractivity contribution in [1.29, 1.82) is 0 Å². The van der Waals surface area contributed by atoms with Crippen molar-refractivity contribution in [3.05, 3.63) is 53.3 Å². The average Bonchev–Trinajstić information content (AvgIpc) is 3.48. The van der Waals surface area contributed by atoms with Crippen molar-refractivity contribution in [1.82, 2.24) is 35.0 Å². The number of hydrogen-bond donors (Lipinski definition) is 3. The number of hydrogen-bond acceptors (Lipinski definition) is 8. The zero-order chi connectivity index (χ0) is 21.8. The highest BCUT2D eigenvalue weighted by Gasteiger charge is 2.14. The van der Waals surface area contributed by atoms with Crippen molar-refractivity contribution in [2.75, 3.05) is 36.8 Å². The Bertz CT molecular complexity index is 1200. The monoisotopic (exact) mass is 449 g/mol. The van der Waals surface area contributed by atoms with Gasteiger partial charge in [-0.25, -0.2) is 15.0 Å². The van der Waals surface area contributed by atoms with E-state index in [2.05, 4.69) is 45.7 Å². The summed E-state index contributed by atoms with van der Waals surface area (Å²) in [6.45, 7) is 4.75. The number of halogens is 1. The summed E-state index contributed by atoms with van der Waals surface area (Å²) in [5.74, 6) is 1.10. The molecule has 1 aromatic carbocycles. The van der Waals surface area contributed by atoms with Crippen LogP contribution in [0.25, 0.3) is 22.4 Å². The second-order valence-corrected chi connectivity index (χ2v) is 8.19. The average molecular weight is 450 g/mol. The van der Waals surface area contributed by atoms with Crippen LogP contribution in [0.15, 0.2) is 42.7 Å². The van der Waals surface area contributed by atoms with Gasteiger partial charge in [0.1, 0.15) is 0 Å². The lowest BCUT2D eigenvalue weighted by molar-refractivity contribution is 0.352. The van der Waals surface area contributed by atoms with E-state index in [-0.39, 0.29) is 0 Å². The maximum Gasteiger partial charge on any atom is 0.224 e. The lowest BCUT2D eigenvalue weighted by Crippen LogP contribution is -2.26. The fraction of sp³-hybridized carbons (Fsp3) is 0.318. The van der Waals surface area contributed by atoms with Gasteiger partial charge in [0.25, 0.3) is 0 Å². The molecule has 4 aromatic rings. The molecular formula is C22H24ClN9. The molecule has 0 bridgehead atoms. The van der Waals surface area contributed by atoms with Gasteiger partial charge in [0.05, 0.1) is 16.8 Å². The summed E-state index contributed by atoms with van der Waals surface area (Å²) in [6.07, 6.45) is 6.07. The van der Waals surface area contributed by atoms with Gasteiger partial charge in [-0.1, -0.05) is 23.7 Å². The Kier molecular flexibility index (Phi) is 6.09. The van der Waals surface area contributed by atoms with Gasteiger partial charge < -0.3 is 15.5 Å². The summed E-state index contributed by atoms with van der Waals surface area (Å²) in [5.41, 5.74) is 3.13. The third-order valence-corrected chi connectivity index (χ3v) is 5.71. The molecule has 1 aliphatic heterocycles. The molecule has 4 heterocycles. The second kappa shape index (κ2) is 9.46. The van der Waals surface area contributed by atoms with Crippen molar-refractivity contribution < 1.29 is 0 Å². The minimum atomic E-state index is 0.520. The Morgan fingerprint density at radius 3 is 2.78 bits per heavy atom. The van der Waals surface area contributed by atoms with E-state index in [4.69, 9.17) is 11.6 Å². The molecule has 10 heteroatoms. The number of anilines is 2. The summed E-state index contributed by atoms with van der Waals surface area (Å²) in [6, 6.07) is 9.51. The third kappa shape index (κ3) is 4.79. The predicted octanol–water partition coefficient (Wildman–Crippen LogP) is 3.58. The maximum atomic E-state index is 6.06. The Labute approximate surface area is 190 Å². The van der Waals surface area contributed by atoms with Crippen LogP contribution in [0.1, 0.15) is 18.4 Å². The fourth-order valence-electron chi connectivity index (χ4n) is 3.83. The van der Waals surface area contributed by atoms with Crippen molar-refractivity contribution >= 4 is 34.5 Å². The van der Waals surface area contributed by atoms with E-state index in [0.29, 0.717) is 29.1 Å². The Hall–Kier alpha value is -3.30. The number of H-pyrrole nitrogens is 1. The van der Waals surface area contributed by atoms with Gasteiger partial charge in [-0.05, 0) is 49.7 Å².